The molecule has 0 fully saturated rings. The van der Waals surface area contributed by atoms with E-state index in [2.05, 4.69) is 32.8 Å². The van der Waals surface area contributed by atoms with Crippen molar-refractivity contribution >= 4 is 16.7 Å². The Bertz CT molecular complexity index is 803. The van der Waals surface area contributed by atoms with Gasteiger partial charge in [0.1, 0.15) is 5.65 Å². The summed E-state index contributed by atoms with van der Waals surface area (Å²) in [4.78, 5) is 9.44. The Labute approximate surface area is 118 Å². The van der Waals surface area contributed by atoms with E-state index in [0.717, 1.165) is 27.8 Å². The molecular formula is C17H15N3. The van der Waals surface area contributed by atoms with Gasteiger partial charge in [-0.1, -0.05) is 24.0 Å². The van der Waals surface area contributed by atoms with Crippen molar-refractivity contribution in [2.45, 2.75) is 0 Å². The molecule has 98 valence electrons. The SMILES string of the molecule is CN(C)c1ccccc1C#Cc1ccnc2[nH]ccc12. The van der Waals surface area contributed by atoms with Gasteiger partial charge in [-0.15, -0.1) is 0 Å². The Balaban J connectivity index is 2.07. The van der Waals surface area contributed by atoms with E-state index in [1.807, 2.05) is 50.6 Å². The maximum Gasteiger partial charge on any atom is 0.138 e. The second-order valence-electron chi connectivity index (χ2n) is 4.76. The zero-order chi connectivity index (χ0) is 13.9. The number of aromatic amines is 1. The number of nitrogens with one attached hydrogen (secondary N) is 1. The summed E-state index contributed by atoms with van der Waals surface area (Å²) in [6.45, 7) is 0. The van der Waals surface area contributed by atoms with Gasteiger partial charge in [0.2, 0.25) is 0 Å². The molecule has 2 heterocycles. The predicted molar refractivity (Wildman–Crippen MR) is 82.8 cm³/mol. The molecule has 0 unspecified atom stereocenters. The molecule has 3 aromatic rings. The van der Waals surface area contributed by atoms with Crippen LogP contribution >= 0.6 is 0 Å². The molecule has 20 heavy (non-hydrogen) atoms. The van der Waals surface area contributed by atoms with Gasteiger partial charge in [-0.3, -0.25) is 0 Å². The molecule has 0 spiro atoms. The van der Waals surface area contributed by atoms with Crippen LogP contribution in [0.3, 0.4) is 0 Å². The summed E-state index contributed by atoms with van der Waals surface area (Å²) < 4.78 is 0. The first-order valence-corrected chi connectivity index (χ1v) is 6.46. The lowest BCUT2D eigenvalue weighted by Gasteiger charge is -2.13. The molecule has 0 aliphatic carbocycles. The van der Waals surface area contributed by atoms with Gasteiger partial charge < -0.3 is 9.88 Å². The molecule has 2 aromatic heterocycles. The van der Waals surface area contributed by atoms with Crippen molar-refractivity contribution < 1.29 is 0 Å². The van der Waals surface area contributed by atoms with Crippen LogP contribution in [0.4, 0.5) is 5.69 Å². The predicted octanol–water partition coefficient (Wildman–Crippen LogP) is 3.03. The largest absolute Gasteiger partial charge is 0.377 e. The summed E-state index contributed by atoms with van der Waals surface area (Å²) in [6.07, 6.45) is 3.66. The van der Waals surface area contributed by atoms with Gasteiger partial charge in [-0.05, 0) is 24.3 Å². The highest BCUT2D eigenvalue weighted by Gasteiger charge is 2.02. The van der Waals surface area contributed by atoms with Gasteiger partial charge in [0.15, 0.2) is 0 Å². The molecule has 0 saturated carbocycles. The highest BCUT2D eigenvalue weighted by Crippen LogP contribution is 2.18. The van der Waals surface area contributed by atoms with Crippen LogP contribution in [0.15, 0.2) is 48.8 Å². The Morgan fingerprint density at radius 2 is 1.80 bits per heavy atom. The van der Waals surface area contributed by atoms with Crippen molar-refractivity contribution in [3.05, 3.63) is 59.9 Å². The summed E-state index contributed by atoms with van der Waals surface area (Å²) in [6, 6.07) is 12.1. The number of H-pyrrole nitrogens is 1. The van der Waals surface area contributed by atoms with Crippen LogP contribution in [-0.4, -0.2) is 24.1 Å². The topological polar surface area (TPSA) is 31.9 Å². The molecular weight excluding hydrogens is 246 g/mol. The number of hydrogen-bond acceptors (Lipinski definition) is 2. The van der Waals surface area contributed by atoms with Crippen molar-refractivity contribution in [1.82, 2.24) is 9.97 Å². The van der Waals surface area contributed by atoms with Crippen molar-refractivity contribution in [2.75, 3.05) is 19.0 Å². The molecule has 0 aliphatic heterocycles. The molecule has 0 atom stereocenters. The van der Waals surface area contributed by atoms with Crippen LogP contribution in [-0.2, 0) is 0 Å². The summed E-state index contributed by atoms with van der Waals surface area (Å²) in [5.41, 5.74) is 4.01. The number of fused-ring (bicyclic) bond motifs is 1. The van der Waals surface area contributed by atoms with Crippen molar-refractivity contribution in [3.8, 4) is 11.8 Å². The van der Waals surface area contributed by atoms with E-state index in [1.54, 1.807) is 6.20 Å². The maximum atomic E-state index is 4.27. The first-order valence-electron chi connectivity index (χ1n) is 6.46. The molecule has 0 radical (unpaired) electrons. The van der Waals surface area contributed by atoms with Gasteiger partial charge in [0.05, 0.1) is 5.69 Å². The second-order valence-corrected chi connectivity index (χ2v) is 4.76. The third-order valence-electron chi connectivity index (χ3n) is 3.18. The van der Waals surface area contributed by atoms with E-state index in [4.69, 9.17) is 0 Å². The summed E-state index contributed by atoms with van der Waals surface area (Å²) in [7, 11) is 4.05. The number of anilines is 1. The highest BCUT2D eigenvalue weighted by atomic mass is 15.1. The van der Waals surface area contributed by atoms with Crippen molar-refractivity contribution in [2.24, 2.45) is 0 Å². The Morgan fingerprint density at radius 1 is 1.00 bits per heavy atom. The third-order valence-corrected chi connectivity index (χ3v) is 3.18. The number of rotatable bonds is 1. The average molecular weight is 261 g/mol. The van der Waals surface area contributed by atoms with E-state index < -0.39 is 0 Å². The fraction of sp³-hybridized carbons (Fsp3) is 0.118. The second kappa shape index (κ2) is 5.10. The summed E-state index contributed by atoms with van der Waals surface area (Å²) in [5.74, 6) is 6.51. The smallest absolute Gasteiger partial charge is 0.138 e. The minimum Gasteiger partial charge on any atom is -0.377 e. The molecule has 3 nitrogen and oxygen atoms in total. The number of pyridine rings is 1. The Morgan fingerprint density at radius 3 is 2.65 bits per heavy atom. The van der Waals surface area contributed by atoms with Crippen LogP contribution in [0.1, 0.15) is 11.1 Å². The summed E-state index contributed by atoms with van der Waals surface area (Å²) >= 11 is 0. The van der Waals surface area contributed by atoms with E-state index in [0.29, 0.717) is 0 Å². The molecule has 0 amide bonds. The van der Waals surface area contributed by atoms with Crippen molar-refractivity contribution in [3.63, 3.8) is 0 Å². The molecule has 0 bridgehead atoms. The van der Waals surface area contributed by atoms with Crippen molar-refractivity contribution in [1.29, 1.82) is 0 Å². The zero-order valence-corrected chi connectivity index (χ0v) is 11.5. The van der Waals surface area contributed by atoms with Crippen LogP contribution in [0.2, 0.25) is 0 Å². The zero-order valence-electron chi connectivity index (χ0n) is 11.5. The van der Waals surface area contributed by atoms with Crippen LogP contribution in [0.5, 0.6) is 0 Å². The first kappa shape index (κ1) is 12.3. The number of benzene rings is 1. The quantitative estimate of drug-likeness (QED) is 0.683. The van der Waals surface area contributed by atoms with E-state index >= 15 is 0 Å². The minimum atomic E-state index is 0.873. The lowest BCUT2D eigenvalue weighted by atomic mass is 10.1. The van der Waals surface area contributed by atoms with E-state index in [1.165, 1.54) is 0 Å². The third kappa shape index (κ3) is 2.24. The number of para-hydroxylation sites is 1. The molecule has 3 heteroatoms. The maximum absolute atomic E-state index is 4.27. The van der Waals surface area contributed by atoms with Gasteiger partial charge in [0, 0.05) is 43.0 Å². The molecule has 3 rings (SSSR count). The molecule has 1 aromatic carbocycles. The lowest BCUT2D eigenvalue weighted by Crippen LogP contribution is -2.10. The number of nitrogens with zero attached hydrogens (tertiary/aromatic N) is 2. The lowest BCUT2D eigenvalue weighted by molar-refractivity contribution is 1.13. The molecule has 0 saturated heterocycles. The monoisotopic (exact) mass is 261 g/mol. The summed E-state index contributed by atoms with van der Waals surface area (Å²) in [5, 5.41) is 1.06. The van der Waals surface area contributed by atoms with E-state index in [-0.39, 0.29) is 0 Å². The van der Waals surface area contributed by atoms with Gasteiger partial charge in [0.25, 0.3) is 0 Å². The number of hydrogen-bond donors (Lipinski definition) is 1. The number of aromatic nitrogens is 2. The molecule has 0 aliphatic rings. The fourth-order valence-electron chi connectivity index (χ4n) is 2.17. The van der Waals surface area contributed by atoms with Crippen LogP contribution in [0, 0.1) is 11.8 Å². The fourth-order valence-corrected chi connectivity index (χ4v) is 2.17. The Hall–Kier alpha value is -2.73. The van der Waals surface area contributed by atoms with Gasteiger partial charge in [-0.25, -0.2) is 4.98 Å². The standard InChI is InChI=1S/C17H15N3/c1-20(2)16-6-4-3-5-14(16)8-7-13-9-11-18-17-15(13)10-12-19-17/h3-6,9-12H,1-2H3,(H,18,19). The Kier molecular flexibility index (Phi) is 3.14. The van der Waals surface area contributed by atoms with Crippen LogP contribution < -0.4 is 4.90 Å². The highest BCUT2D eigenvalue weighted by molar-refractivity contribution is 5.82. The van der Waals surface area contributed by atoms with E-state index in [9.17, 15) is 0 Å². The van der Waals surface area contributed by atoms with Gasteiger partial charge in [-0.2, -0.15) is 0 Å². The minimum absolute atomic E-state index is 0.873. The normalized spacial score (nSPS) is 10.1. The van der Waals surface area contributed by atoms with Gasteiger partial charge >= 0.3 is 0 Å². The average Bonchev–Trinajstić information content (AvgIpc) is 2.94. The van der Waals surface area contributed by atoms with Crippen LogP contribution in [0.25, 0.3) is 11.0 Å². The first-order chi connectivity index (χ1) is 9.75. The molecule has 1 N–H and O–H groups in total.